The minimum absolute atomic E-state index is 0.000918. The van der Waals surface area contributed by atoms with Gasteiger partial charge in [0.25, 0.3) is 0 Å². The lowest BCUT2D eigenvalue weighted by Crippen LogP contribution is -2.62. The Bertz CT molecular complexity index is 1530. The lowest BCUT2D eigenvalue weighted by atomic mass is 9.91. The summed E-state index contributed by atoms with van der Waals surface area (Å²) in [4.78, 5) is 42.6. The average molecular weight is 605 g/mol. The Morgan fingerprint density at radius 1 is 1.09 bits per heavy atom. The fraction of sp³-hybridized carbons (Fsp3) is 0.529. The lowest BCUT2D eigenvalue weighted by Gasteiger charge is -2.45. The number of ether oxygens (including phenoxy) is 1. The van der Waals surface area contributed by atoms with Crippen molar-refractivity contribution in [2.45, 2.75) is 91.5 Å². The highest BCUT2D eigenvalue weighted by Gasteiger charge is 2.42. The molecule has 0 aliphatic carbocycles. The molecular formula is C34H45FN6O3. The first kappa shape index (κ1) is 31.6. The first-order valence-electron chi connectivity index (χ1n) is 15.4. The summed E-state index contributed by atoms with van der Waals surface area (Å²) < 4.78 is 21.3. The number of carbonyl (C=O) groups is 2. The molecule has 3 aromatic rings. The van der Waals surface area contributed by atoms with E-state index in [1.807, 2.05) is 58.8 Å². The zero-order valence-corrected chi connectivity index (χ0v) is 27.2. The molecule has 2 amide bonds. The molecule has 0 spiro atoms. The van der Waals surface area contributed by atoms with Crippen molar-refractivity contribution in [3.63, 3.8) is 0 Å². The van der Waals surface area contributed by atoms with Crippen LogP contribution in [0.15, 0.2) is 42.7 Å². The number of carbonyl (C=O) groups excluding carboxylic acids is 2. The maximum atomic E-state index is 14.1. The molecule has 0 N–H and O–H groups in total. The Morgan fingerprint density at radius 2 is 1.80 bits per heavy atom. The predicted molar refractivity (Wildman–Crippen MR) is 168 cm³/mol. The first-order valence-corrected chi connectivity index (χ1v) is 15.4. The van der Waals surface area contributed by atoms with Crippen LogP contribution in [0.1, 0.15) is 69.9 Å². The van der Waals surface area contributed by atoms with Gasteiger partial charge in [0, 0.05) is 56.1 Å². The Kier molecular flexibility index (Phi) is 8.59. The summed E-state index contributed by atoms with van der Waals surface area (Å²) in [6.07, 6.45) is 4.13. The van der Waals surface area contributed by atoms with E-state index in [0.717, 1.165) is 34.0 Å². The summed E-state index contributed by atoms with van der Waals surface area (Å²) in [6, 6.07) is 8.27. The molecule has 9 nitrogen and oxygen atoms in total. The van der Waals surface area contributed by atoms with Gasteiger partial charge < -0.3 is 19.1 Å². The number of rotatable bonds is 6. The van der Waals surface area contributed by atoms with Crippen molar-refractivity contribution in [2.75, 3.05) is 31.1 Å². The van der Waals surface area contributed by atoms with Crippen LogP contribution in [-0.2, 0) is 27.9 Å². The van der Waals surface area contributed by atoms with Crippen LogP contribution in [0.25, 0.3) is 0 Å². The molecular weight excluding hydrogens is 559 g/mol. The van der Waals surface area contributed by atoms with E-state index in [1.54, 1.807) is 17.0 Å². The van der Waals surface area contributed by atoms with Crippen LogP contribution in [0, 0.1) is 19.7 Å². The number of anilines is 1. The van der Waals surface area contributed by atoms with E-state index >= 15 is 0 Å². The molecule has 0 saturated carbocycles. The number of amides is 2. The molecule has 1 saturated heterocycles. The number of nitrogens with zero attached hydrogens (tertiary/aromatic N) is 6. The molecule has 0 radical (unpaired) electrons. The Balaban J connectivity index is 1.38. The highest BCUT2D eigenvalue weighted by atomic mass is 19.1. The second-order valence-corrected chi connectivity index (χ2v) is 14.0. The van der Waals surface area contributed by atoms with Crippen LogP contribution in [0.2, 0.25) is 0 Å². The van der Waals surface area contributed by atoms with Crippen LogP contribution in [-0.4, -0.2) is 80.2 Å². The second-order valence-electron chi connectivity index (χ2n) is 14.0. The number of imidazole rings is 1. The van der Waals surface area contributed by atoms with Gasteiger partial charge in [-0.1, -0.05) is 26.0 Å². The summed E-state index contributed by atoms with van der Waals surface area (Å²) in [5.41, 5.74) is 3.71. The van der Waals surface area contributed by atoms with Crippen molar-refractivity contribution in [1.82, 2.24) is 24.3 Å². The number of pyridine rings is 1. The number of aromatic nitrogens is 3. The van der Waals surface area contributed by atoms with Gasteiger partial charge in [-0.05, 0) is 77.3 Å². The smallest absolute Gasteiger partial charge is 0.410 e. The Labute approximate surface area is 260 Å². The van der Waals surface area contributed by atoms with Crippen molar-refractivity contribution >= 4 is 17.7 Å². The molecule has 0 bridgehead atoms. The molecule has 0 unspecified atom stereocenters. The maximum Gasteiger partial charge on any atom is 0.410 e. The average Bonchev–Trinajstić information content (AvgIpc) is 3.38. The van der Waals surface area contributed by atoms with Crippen LogP contribution in [0.4, 0.5) is 14.9 Å². The summed E-state index contributed by atoms with van der Waals surface area (Å²) in [7, 11) is 0. The van der Waals surface area contributed by atoms with Crippen molar-refractivity contribution in [3.05, 3.63) is 76.9 Å². The predicted octanol–water partition coefficient (Wildman–Crippen LogP) is 5.26. The number of fused-ring (bicyclic) bond motifs is 1. The van der Waals surface area contributed by atoms with E-state index in [9.17, 15) is 14.0 Å². The fourth-order valence-corrected chi connectivity index (χ4v) is 6.32. The van der Waals surface area contributed by atoms with Gasteiger partial charge in [-0.15, -0.1) is 0 Å². The van der Waals surface area contributed by atoms with E-state index in [0.29, 0.717) is 32.6 Å². The van der Waals surface area contributed by atoms with Gasteiger partial charge >= 0.3 is 6.09 Å². The van der Waals surface area contributed by atoms with Crippen molar-refractivity contribution in [3.8, 4) is 0 Å². The molecule has 44 heavy (non-hydrogen) atoms. The molecule has 2 aliphatic heterocycles. The van der Waals surface area contributed by atoms with Crippen molar-refractivity contribution in [1.29, 1.82) is 0 Å². The van der Waals surface area contributed by atoms with Crippen LogP contribution in [0.3, 0.4) is 0 Å². The van der Waals surface area contributed by atoms with E-state index < -0.39 is 5.60 Å². The van der Waals surface area contributed by atoms with Gasteiger partial charge in [0.2, 0.25) is 5.91 Å². The third kappa shape index (κ3) is 6.96. The molecule has 2 aliphatic rings. The topological polar surface area (TPSA) is 83.8 Å². The normalized spacial score (nSPS) is 20.1. The lowest BCUT2D eigenvalue weighted by molar-refractivity contribution is -0.121. The molecule has 2 atom stereocenters. The van der Waals surface area contributed by atoms with Crippen molar-refractivity contribution < 1.29 is 18.7 Å². The Hall–Kier alpha value is -3.79. The molecule has 10 heteroatoms. The number of benzene rings is 1. The number of hydrogen-bond donors (Lipinski definition) is 0. The SMILES string of the molecule is Cc1cn(C[C@H]2CN(C(=O)OC(C)(C)C)[C@H](C)CN2CC(=O)N2CC(C)(C)c3ncc(Cc4ccc(F)cc4)cc32)c(C)n1. The summed E-state index contributed by atoms with van der Waals surface area (Å²) in [5.74, 6) is 0.627. The zero-order valence-electron chi connectivity index (χ0n) is 27.2. The quantitative estimate of drug-likeness (QED) is 0.382. The highest BCUT2D eigenvalue weighted by Crippen LogP contribution is 2.40. The number of hydrogen-bond acceptors (Lipinski definition) is 6. The Morgan fingerprint density at radius 3 is 2.43 bits per heavy atom. The van der Waals surface area contributed by atoms with Gasteiger partial charge in [-0.3, -0.25) is 14.7 Å². The van der Waals surface area contributed by atoms with Crippen LogP contribution < -0.4 is 4.90 Å². The summed E-state index contributed by atoms with van der Waals surface area (Å²) in [6.45, 7) is 18.1. The minimum atomic E-state index is -0.600. The number of aryl methyl sites for hydroxylation is 2. The first-order chi connectivity index (χ1) is 20.6. The summed E-state index contributed by atoms with van der Waals surface area (Å²) in [5, 5.41) is 0. The van der Waals surface area contributed by atoms with Gasteiger partial charge in [-0.25, -0.2) is 14.2 Å². The second kappa shape index (κ2) is 12.0. The molecule has 4 heterocycles. The van der Waals surface area contributed by atoms with Gasteiger partial charge in [-0.2, -0.15) is 0 Å². The minimum Gasteiger partial charge on any atom is -0.444 e. The fourth-order valence-electron chi connectivity index (χ4n) is 6.32. The van der Waals surface area contributed by atoms with E-state index in [1.165, 1.54) is 12.1 Å². The van der Waals surface area contributed by atoms with E-state index in [2.05, 4.69) is 34.4 Å². The van der Waals surface area contributed by atoms with E-state index in [4.69, 9.17) is 9.72 Å². The standard InChI is InChI=1S/C34H45FN6O3/c1-22-16-38(24(3)37-22)18-28-19-40(32(43)44-33(4,5)6)23(2)17-39(28)20-30(42)41-21-34(7,8)31-29(41)14-26(15-36-31)13-25-9-11-27(35)12-10-25/h9-12,14-16,23,28H,13,17-21H2,1-8H3/t23-,28+/m1/s1. The molecule has 5 rings (SSSR count). The monoisotopic (exact) mass is 604 g/mol. The van der Waals surface area contributed by atoms with E-state index in [-0.39, 0.29) is 41.9 Å². The van der Waals surface area contributed by atoms with Crippen LogP contribution in [0.5, 0.6) is 0 Å². The largest absolute Gasteiger partial charge is 0.444 e. The third-order valence-electron chi connectivity index (χ3n) is 8.46. The van der Waals surface area contributed by atoms with Crippen molar-refractivity contribution in [2.24, 2.45) is 0 Å². The molecule has 1 aromatic carbocycles. The van der Waals surface area contributed by atoms with Gasteiger partial charge in [0.15, 0.2) is 0 Å². The third-order valence-corrected chi connectivity index (χ3v) is 8.46. The number of piperazine rings is 1. The van der Waals surface area contributed by atoms with Gasteiger partial charge in [0.1, 0.15) is 17.2 Å². The van der Waals surface area contributed by atoms with Gasteiger partial charge in [0.05, 0.1) is 23.6 Å². The maximum absolute atomic E-state index is 14.1. The highest BCUT2D eigenvalue weighted by molar-refractivity contribution is 5.97. The summed E-state index contributed by atoms with van der Waals surface area (Å²) >= 11 is 0. The zero-order chi connectivity index (χ0) is 32.0. The van der Waals surface area contributed by atoms with Crippen LogP contribution >= 0.6 is 0 Å². The molecule has 1 fully saturated rings. The number of halogens is 1. The molecule has 2 aromatic heterocycles. The molecule has 236 valence electrons.